The number of carbonyl (C=O) groups is 1. The molecule has 0 atom stereocenters. The largest absolute Gasteiger partial charge is 0.507 e. The van der Waals surface area contributed by atoms with Crippen LogP contribution in [0.5, 0.6) is 5.75 Å². The summed E-state index contributed by atoms with van der Waals surface area (Å²) in [6, 6.07) is 14.6. The first-order valence-corrected chi connectivity index (χ1v) is 10.1. The van der Waals surface area contributed by atoms with E-state index in [4.69, 9.17) is 11.6 Å². The van der Waals surface area contributed by atoms with Gasteiger partial charge in [0, 0.05) is 16.3 Å². The van der Waals surface area contributed by atoms with Crippen LogP contribution in [-0.2, 0) is 4.79 Å². The number of para-hydroxylation sites is 1. The SMILES string of the molecule is O=C1/C(=C/c2ccccc2O)SC2(CCCCC2)N1c1ccc(Cl)cc1. The van der Waals surface area contributed by atoms with Gasteiger partial charge in [0.15, 0.2) is 0 Å². The van der Waals surface area contributed by atoms with Crippen LogP contribution in [0.25, 0.3) is 6.08 Å². The zero-order valence-corrected chi connectivity index (χ0v) is 15.9. The van der Waals surface area contributed by atoms with Crippen LogP contribution < -0.4 is 4.90 Å². The normalized spacial score (nSPS) is 20.9. The Morgan fingerprint density at radius 3 is 2.42 bits per heavy atom. The second-order valence-electron chi connectivity index (χ2n) is 6.79. The van der Waals surface area contributed by atoms with Crippen molar-refractivity contribution in [3.8, 4) is 5.75 Å². The third kappa shape index (κ3) is 3.12. The average Bonchev–Trinajstić information content (AvgIpc) is 2.90. The standard InChI is InChI=1S/C21H20ClNO2S/c22-16-8-10-17(11-9-16)23-20(25)19(14-15-6-2-3-7-18(15)24)26-21(23)12-4-1-5-13-21/h2-3,6-11,14,24H,1,4-5,12-13H2/b19-14-. The Morgan fingerprint density at radius 2 is 1.73 bits per heavy atom. The molecule has 2 aliphatic rings. The van der Waals surface area contributed by atoms with Crippen molar-refractivity contribution in [2.45, 2.75) is 37.0 Å². The van der Waals surface area contributed by atoms with Gasteiger partial charge in [-0.15, -0.1) is 0 Å². The minimum Gasteiger partial charge on any atom is -0.507 e. The van der Waals surface area contributed by atoms with Gasteiger partial charge < -0.3 is 5.11 Å². The van der Waals surface area contributed by atoms with Crippen molar-refractivity contribution in [1.29, 1.82) is 0 Å². The molecule has 1 aliphatic heterocycles. The summed E-state index contributed by atoms with van der Waals surface area (Å²) in [6.45, 7) is 0. The summed E-state index contributed by atoms with van der Waals surface area (Å²) < 4.78 is 0. The average molecular weight is 386 g/mol. The summed E-state index contributed by atoms with van der Waals surface area (Å²) in [5, 5.41) is 10.7. The number of phenolic OH excluding ortho intramolecular Hbond substituents is 1. The number of amides is 1. The van der Waals surface area contributed by atoms with Crippen molar-refractivity contribution in [3.63, 3.8) is 0 Å². The summed E-state index contributed by atoms with van der Waals surface area (Å²) in [5.74, 6) is 0.193. The maximum atomic E-state index is 13.3. The predicted octanol–water partition coefficient (Wildman–Crippen LogP) is 5.83. The molecule has 0 radical (unpaired) electrons. The Morgan fingerprint density at radius 1 is 1.04 bits per heavy atom. The van der Waals surface area contributed by atoms with Gasteiger partial charge in [0.25, 0.3) is 5.91 Å². The number of nitrogens with zero attached hydrogens (tertiary/aromatic N) is 1. The number of phenols is 1. The molecule has 1 saturated carbocycles. The van der Waals surface area contributed by atoms with E-state index >= 15 is 0 Å². The monoisotopic (exact) mass is 385 g/mol. The number of rotatable bonds is 2. The highest BCUT2D eigenvalue weighted by Crippen LogP contribution is 2.54. The molecule has 3 nitrogen and oxygen atoms in total. The van der Waals surface area contributed by atoms with Crippen LogP contribution >= 0.6 is 23.4 Å². The highest BCUT2D eigenvalue weighted by atomic mass is 35.5. The van der Waals surface area contributed by atoms with Gasteiger partial charge >= 0.3 is 0 Å². The molecule has 1 aliphatic carbocycles. The molecule has 1 spiro atoms. The molecule has 2 fully saturated rings. The molecule has 134 valence electrons. The predicted molar refractivity (Wildman–Crippen MR) is 108 cm³/mol. The van der Waals surface area contributed by atoms with Crippen LogP contribution in [0.1, 0.15) is 37.7 Å². The van der Waals surface area contributed by atoms with E-state index in [2.05, 4.69) is 0 Å². The van der Waals surface area contributed by atoms with E-state index in [9.17, 15) is 9.90 Å². The summed E-state index contributed by atoms with van der Waals surface area (Å²) in [7, 11) is 0. The van der Waals surface area contributed by atoms with E-state index < -0.39 is 0 Å². The van der Waals surface area contributed by atoms with E-state index in [1.807, 2.05) is 47.4 Å². The molecule has 2 aromatic carbocycles. The third-order valence-electron chi connectivity index (χ3n) is 5.06. The van der Waals surface area contributed by atoms with Gasteiger partial charge in [-0.3, -0.25) is 9.69 Å². The molecule has 26 heavy (non-hydrogen) atoms. The minimum atomic E-state index is -0.237. The molecule has 1 N–H and O–H groups in total. The second-order valence-corrected chi connectivity index (χ2v) is 8.63. The van der Waals surface area contributed by atoms with Crippen molar-refractivity contribution < 1.29 is 9.90 Å². The third-order valence-corrected chi connectivity index (χ3v) is 6.80. The number of hydrogen-bond acceptors (Lipinski definition) is 3. The van der Waals surface area contributed by atoms with Crippen LogP contribution in [0.3, 0.4) is 0 Å². The van der Waals surface area contributed by atoms with Crippen LogP contribution in [0, 0.1) is 0 Å². The number of hydrogen-bond donors (Lipinski definition) is 1. The first kappa shape index (κ1) is 17.5. The maximum Gasteiger partial charge on any atom is 0.265 e. The summed E-state index contributed by atoms with van der Waals surface area (Å²) in [4.78, 5) is 15.7. The summed E-state index contributed by atoms with van der Waals surface area (Å²) in [6.07, 6.45) is 7.22. The van der Waals surface area contributed by atoms with Gasteiger partial charge in [0.1, 0.15) is 5.75 Å². The van der Waals surface area contributed by atoms with Crippen LogP contribution in [-0.4, -0.2) is 15.9 Å². The van der Waals surface area contributed by atoms with E-state index in [0.29, 0.717) is 15.5 Å². The van der Waals surface area contributed by atoms with E-state index in [1.54, 1.807) is 23.9 Å². The number of carbonyl (C=O) groups excluding carboxylic acids is 1. The lowest BCUT2D eigenvalue weighted by molar-refractivity contribution is -0.114. The van der Waals surface area contributed by atoms with Gasteiger partial charge in [-0.2, -0.15) is 0 Å². The highest BCUT2D eigenvalue weighted by Gasteiger charge is 2.50. The highest BCUT2D eigenvalue weighted by molar-refractivity contribution is 8.06. The molecule has 1 saturated heterocycles. The van der Waals surface area contributed by atoms with E-state index in [-0.39, 0.29) is 16.5 Å². The van der Waals surface area contributed by atoms with Crippen LogP contribution in [0.15, 0.2) is 53.4 Å². The van der Waals surface area contributed by atoms with Crippen molar-refractivity contribution in [1.82, 2.24) is 0 Å². The fourth-order valence-electron chi connectivity index (χ4n) is 3.80. The smallest absolute Gasteiger partial charge is 0.265 e. The number of benzene rings is 2. The molecule has 4 rings (SSSR count). The van der Waals surface area contributed by atoms with Gasteiger partial charge in [0.2, 0.25) is 0 Å². The Bertz CT molecular complexity index is 857. The van der Waals surface area contributed by atoms with Gasteiger partial charge in [-0.05, 0) is 49.2 Å². The molecule has 1 heterocycles. The first-order chi connectivity index (χ1) is 12.6. The van der Waals surface area contributed by atoms with Crippen molar-refractivity contribution in [2.24, 2.45) is 0 Å². The van der Waals surface area contributed by atoms with Crippen molar-refractivity contribution >= 4 is 41.0 Å². The quantitative estimate of drug-likeness (QED) is 0.661. The van der Waals surface area contributed by atoms with Crippen LogP contribution in [0.2, 0.25) is 5.02 Å². The lowest BCUT2D eigenvalue weighted by Gasteiger charge is -2.40. The van der Waals surface area contributed by atoms with Gasteiger partial charge in [0.05, 0.1) is 9.78 Å². The van der Waals surface area contributed by atoms with Gasteiger partial charge in [-0.1, -0.05) is 60.8 Å². The Balaban J connectivity index is 1.77. The fraction of sp³-hybridized carbons (Fsp3) is 0.286. The first-order valence-electron chi connectivity index (χ1n) is 8.88. The Labute approximate surface area is 162 Å². The zero-order chi connectivity index (χ0) is 18.1. The minimum absolute atomic E-state index is 0.00229. The molecule has 0 bridgehead atoms. The molecule has 2 aromatic rings. The lowest BCUT2D eigenvalue weighted by atomic mass is 9.93. The zero-order valence-electron chi connectivity index (χ0n) is 14.3. The molecular weight excluding hydrogens is 366 g/mol. The summed E-state index contributed by atoms with van der Waals surface area (Å²) in [5.41, 5.74) is 1.56. The number of thioether (sulfide) groups is 1. The number of aromatic hydroxyl groups is 1. The molecule has 0 aromatic heterocycles. The topological polar surface area (TPSA) is 40.5 Å². The lowest BCUT2D eigenvalue weighted by Crippen LogP contribution is -2.45. The van der Waals surface area contributed by atoms with Gasteiger partial charge in [-0.25, -0.2) is 0 Å². The number of anilines is 1. The number of halogens is 1. The Hall–Kier alpha value is -1.91. The molecular formula is C21H20ClNO2S. The van der Waals surface area contributed by atoms with E-state index in [0.717, 1.165) is 31.4 Å². The Kier molecular flexibility index (Phi) is 4.72. The van der Waals surface area contributed by atoms with Crippen molar-refractivity contribution in [2.75, 3.05) is 4.90 Å². The van der Waals surface area contributed by atoms with Crippen molar-refractivity contribution in [3.05, 3.63) is 64.0 Å². The molecule has 5 heteroatoms. The second kappa shape index (κ2) is 7.01. The van der Waals surface area contributed by atoms with E-state index in [1.165, 1.54) is 6.42 Å². The maximum absolute atomic E-state index is 13.3. The molecule has 0 unspecified atom stereocenters. The van der Waals surface area contributed by atoms with Crippen LogP contribution in [0.4, 0.5) is 5.69 Å². The molecule has 1 amide bonds. The summed E-state index contributed by atoms with van der Waals surface area (Å²) >= 11 is 7.68. The fourth-order valence-corrected chi connectivity index (χ4v) is 5.48.